The van der Waals surface area contributed by atoms with E-state index in [0.717, 1.165) is 39.1 Å². The molecule has 3 aliphatic rings. The molecule has 136 valence electrons. The highest BCUT2D eigenvalue weighted by molar-refractivity contribution is 5.82. The Morgan fingerprint density at radius 2 is 2.16 bits per heavy atom. The van der Waals surface area contributed by atoms with Crippen LogP contribution in [-0.4, -0.2) is 54.9 Å². The van der Waals surface area contributed by atoms with Gasteiger partial charge >= 0.3 is 0 Å². The highest BCUT2D eigenvalue weighted by Crippen LogP contribution is 2.24. The summed E-state index contributed by atoms with van der Waals surface area (Å²) in [6.45, 7) is 3.18. The number of hydroxylamine groups is 1. The Kier molecular flexibility index (Phi) is 5.28. The maximum atomic E-state index is 12.5. The molecular formula is C18H26N4O3. The van der Waals surface area contributed by atoms with Crippen molar-refractivity contribution in [2.45, 2.75) is 50.1 Å². The van der Waals surface area contributed by atoms with E-state index in [4.69, 9.17) is 9.57 Å². The SMILES string of the molecule is O=C(NC1CNN(Cc2ccccc2)C1)C1CC(C2CCCO2)ON1. The van der Waals surface area contributed by atoms with Crippen molar-refractivity contribution in [1.82, 2.24) is 21.2 Å². The molecule has 1 amide bonds. The van der Waals surface area contributed by atoms with Crippen LogP contribution >= 0.6 is 0 Å². The van der Waals surface area contributed by atoms with Crippen molar-refractivity contribution in [3.8, 4) is 0 Å². The fraction of sp³-hybridized carbons (Fsp3) is 0.611. The predicted molar refractivity (Wildman–Crippen MR) is 92.2 cm³/mol. The fourth-order valence-corrected chi connectivity index (χ4v) is 3.74. The van der Waals surface area contributed by atoms with Crippen molar-refractivity contribution in [1.29, 1.82) is 0 Å². The number of hydrogen-bond acceptors (Lipinski definition) is 6. The molecule has 4 rings (SSSR count). The third-order valence-electron chi connectivity index (χ3n) is 5.09. The van der Waals surface area contributed by atoms with Crippen molar-refractivity contribution in [3.05, 3.63) is 35.9 Å². The van der Waals surface area contributed by atoms with Crippen LogP contribution in [-0.2, 0) is 20.9 Å². The van der Waals surface area contributed by atoms with Crippen LogP contribution in [0.15, 0.2) is 30.3 Å². The van der Waals surface area contributed by atoms with Crippen LogP contribution in [0.4, 0.5) is 0 Å². The van der Waals surface area contributed by atoms with Gasteiger partial charge in [-0.2, -0.15) is 5.48 Å². The van der Waals surface area contributed by atoms with Crippen LogP contribution in [0.3, 0.4) is 0 Å². The van der Waals surface area contributed by atoms with Crippen LogP contribution in [0.1, 0.15) is 24.8 Å². The minimum atomic E-state index is -0.294. The molecule has 7 nitrogen and oxygen atoms in total. The van der Waals surface area contributed by atoms with Gasteiger partial charge in [0.25, 0.3) is 0 Å². The van der Waals surface area contributed by atoms with Gasteiger partial charge in [-0.15, -0.1) is 0 Å². The summed E-state index contributed by atoms with van der Waals surface area (Å²) < 4.78 is 5.66. The monoisotopic (exact) mass is 346 g/mol. The number of nitrogens with zero attached hydrogens (tertiary/aromatic N) is 1. The highest BCUT2D eigenvalue weighted by Gasteiger charge is 2.38. The Hall–Kier alpha value is -1.51. The topological polar surface area (TPSA) is 74.9 Å². The zero-order valence-corrected chi connectivity index (χ0v) is 14.3. The van der Waals surface area contributed by atoms with E-state index in [-0.39, 0.29) is 30.2 Å². The smallest absolute Gasteiger partial charge is 0.239 e. The number of benzene rings is 1. The standard InChI is InChI=1S/C18H26N4O3/c23-18(15-9-17(25-21-15)16-7-4-8-24-16)20-14-10-19-22(12-14)11-13-5-2-1-3-6-13/h1-3,5-6,14-17,19,21H,4,7-12H2,(H,20,23). The van der Waals surface area contributed by atoms with Crippen LogP contribution < -0.4 is 16.2 Å². The molecule has 25 heavy (non-hydrogen) atoms. The van der Waals surface area contributed by atoms with Crippen LogP contribution in [0.25, 0.3) is 0 Å². The Morgan fingerprint density at radius 1 is 1.28 bits per heavy atom. The molecule has 3 fully saturated rings. The molecular weight excluding hydrogens is 320 g/mol. The van der Waals surface area contributed by atoms with Gasteiger partial charge in [0.2, 0.25) is 5.91 Å². The zero-order chi connectivity index (χ0) is 17.1. The first-order valence-electron chi connectivity index (χ1n) is 9.13. The number of carbonyl (C=O) groups is 1. The van der Waals surface area contributed by atoms with Crippen LogP contribution in [0.5, 0.6) is 0 Å². The molecule has 3 N–H and O–H groups in total. The van der Waals surface area contributed by atoms with Gasteiger partial charge in [0, 0.05) is 32.7 Å². The van der Waals surface area contributed by atoms with E-state index in [9.17, 15) is 4.79 Å². The third-order valence-corrected chi connectivity index (χ3v) is 5.09. The van der Waals surface area contributed by atoms with Gasteiger partial charge in [-0.25, -0.2) is 5.01 Å². The van der Waals surface area contributed by atoms with Crippen molar-refractivity contribution in [2.75, 3.05) is 19.7 Å². The summed E-state index contributed by atoms with van der Waals surface area (Å²) in [4.78, 5) is 18.1. The molecule has 0 radical (unpaired) electrons. The van der Waals surface area contributed by atoms with E-state index in [1.165, 1.54) is 5.56 Å². The number of amides is 1. The summed E-state index contributed by atoms with van der Waals surface area (Å²) in [6, 6.07) is 10.1. The number of ether oxygens (including phenoxy) is 1. The van der Waals surface area contributed by atoms with Gasteiger partial charge in [0.05, 0.1) is 12.1 Å². The molecule has 4 atom stereocenters. The van der Waals surface area contributed by atoms with E-state index in [0.29, 0.717) is 6.42 Å². The molecule has 3 heterocycles. The number of hydrazine groups is 1. The average molecular weight is 346 g/mol. The number of hydrogen-bond donors (Lipinski definition) is 3. The summed E-state index contributed by atoms with van der Waals surface area (Å²) in [5, 5.41) is 5.27. The lowest BCUT2D eigenvalue weighted by Crippen LogP contribution is -2.47. The number of nitrogens with one attached hydrogen (secondary N) is 3. The molecule has 0 bridgehead atoms. The van der Waals surface area contributed by atoms with Crippen LogP contribution in [0.2, 0.25) is 0 Å². The maximum absolute atomic E-state index is 12.5. The molecule has 0 spiro atoms. The summed E-state index contributed by atoms with van der Waals surface area (Å²) >= 11 is 0. The molecule has 3 saturated heterocycles. The normalized spacial score (nSPS) is 33.0. The Labute approximate surface area is 148 Å². The second-order valence-electron chi connectivity index (χ2n) is 7.05. The van der Waals surface area contributed by atoms with E-state index in [1.54, 1.807) is 0 Å². The minimum absolute atomic E-state index is 0.00820. The van der Waals surface area contributed by atoms with Gasteiger partial charge < -0.3 is 10.1 Å². The van der Waals surface area contributed by atoms with Crippen molar-refractivity contribution in [3.63, 3.8) is 0 Å². The van der Waals surface area contributed by atoms with Crippen LogP contribution in [0, 0.1) is 0 Å². The number of carbonyl (C=O) groups excluding carboxylic acids is 1. The van der Waals surface area contributed by atoms with Crippen molar-refractivity contribution < 1.29 is 14.4 Å². The first kappa shape index (κ1) is 16.9. The zero-order valence-electron chi connectivity index (χ0n) is 14.3. The first-order valence-corrected chi connectivity index (χ1v) is 9.13. The van der Waals surface area contributed by atoms with Gasteiger partial charge in [0.15, 0.2) is 0 Å². The first-order chi connectivity index (χ1) is 12.3. The van der Waals surface area contributed by atoms with E-state index < -0.39 is 0 Å². The highest BCUT2D eigenvalue weighted by atomic mass is 16.7. The summed E-state index contributed by atoms with van der Waals surface area (Å²) in [7, 11) is 0. The van der Waals surface area contributed by atoms with Gasteiger partial charge in [-0.3, -0.25) is 15.1 Å². The van der Waals surface area contributed by atoms with E-state index in [2.05, 4.69) is 33.4 Å². The number of rotatable bonds is 5. The second kappa shape index (κ2) is 7.80. The Balaban J connectivity index is 1.22. The van der Waals surface area contributed by atoms with Crippen molar-refractivity contribution >= 4 is 5.91 Å². The average Bonchev–Trinajstić information content (AvgIpc) is 3.37. The predicted octanol–water partition coefficient (Wildman–Crippen LogP) is 0.333. The summed E-state index contributed by atoms with van der Waals surface area (Å²) in [6.07, 6.45) is 2.87. The minimum Gasteiger partial charge on any atom is -0.375 e. The lowest BCUT2D eigenvalue weighted by Gasteiger charge is -2.17. The largest absolute Gasteiger partial charge is 0.375 e. The quantitative estimate of drug-likeness (QED) is 0.714. The fourth-order valence-electron chi connectivity index (χ4n) is 3.74. The second-order valence-corrected chi connectivity index (χ2v) is 7.05. The molecule has 7 heteroatoms. The molecule has 0 aromatic heterocycles. The van der Waals surface area contributed by atoms with Gasteiger partial charge in [-0.05, 0) is 18.4 Å². The molecule has 0 aliphatic carbocycles. The molecule has 4 unspecified atom stereocenters. The third kappa shape index (κ3) is 4.19. The van der Waals surface area contributed by atoms with E-state index in [1.807, 2.05) is 18.2 Å². The lowest BCUT2D eigenvalue weighted by molar-refractivity contribution is -0.125. The Morgan fingerprint density at radius 3 is 2.96 bits per heavy atom. The lowest BCUT2D eigenvalue weighted by atomic mass is 10.0. The summed E-state index contributed by atoms with van der Waals surface area (Å²) in [5.41, 5.74) is 7.49. The molecule has 0 saturated carbocycles. The molecule has 1 aromatic rings. The maximum Gasteiger partial charge on any atom is 0.239 e. The molecule has 1 aromatic carbocycles. The van der Waals surface area contributed by atoms with Gasteiger partial charge in [0.1, 0.15) is 12.1 Å². The summed E-state index contributed by atoms with van der Waals surface area (Å²) in [5.74, 6) is 0.00820. The van der Waals surface area contributed by atoms with Gasteiger partial charge in [-0.1, -0.05) is 30.3 Å². The van der Waals surface area contributed by atoms with E-state index >= 15 is 0 Å². The Bertz CT molecular complexity index is 579. The molecule has 3 aliphatic heterocycles. The van der Waals surface area contributed by atoms with Crippen molar-refractivity contribution in [2.24, 2.45) is 0 Å².